The SMILES string of the molecule is CC1(C)c2ccccc2-c2ccc(-c3nc(-c4ccc(-c5ccncc5)cc4)nc(-c4ccc5ccc6cccc7ccc4c5c67)n3)cc21. The lowest BCUT2D eigenvalue weighted by Gasteiger charge is -2.21. The highest BCUT2D eigenvalue weighted by Crippen LogP contribution is 2.49. The topological polar surface area (TPSA) is 51.6 Å². The van der Waals surface area contributed by atoms with E-state index in [1.807, 2.05) is 24.5 Å². The molecule has 2 heterocycles. The number of rotatable bonds is 4. The third-order valence-electron chi connectivity index (χ3n) is 10.4. The van der Waals surface area contributed by atoms with Crippen LogP contribution < -0.4 is 0 Å². The van der Waals surface area contributed by atoms with E-state index in [9.17, 15) is 0 Å². The Labute approximate surface area is 284 Å². The molecule has 0 N–H and O–H groups in total. The van der Waals surface area contributed by atoms with Gasteiger partial charge in [-0.1, -0.05) is 123 Å². The first-order valence-corrected chi connectivity index (χ1v) is 16.7. The van der Waals surface area contributed by atoms with Gasteiger partial charge < -0.3 is 0 Å². The third kappa shape index (κ3) is 4.24. The second kappa shape index (κ2) is 10.4. The Hall–Kier alpha value is -6.26. The van der Waals surface area contributed by atoms with Crippen LogP contribution in [0, 0.1) is 0 Å². The first-order valence-electron chi connectivity index (χ1n) is 16.7. The zero-order valence-corrected chi connectivity index (χ0v) is 27.1. The summed E-state index contributed by atoms with van der Waals surface area (Å²) in [5, 5.41) is 7.35. The van der Waals surface area contributed by atoms with Crippen LogP contribution in [0.4, 0.5) is 0 Å². The first-order chi connectivity index (χ1) is 24.0. The van der Waals surface area contributed by atoms with Gasteiger partial charge in [-0.25, -0.2) is 15.0 Å². The molecule has 0 atom stereocenters. The standard InChI is InChI=1S/C45H30N4/c1-45(2)38-9-4-3-8-34(38)35-19-18-33(26-39(35)45)43-47-42(32-14-10-27(11-15-32)28-22-24-46-25-23-28)48-44(49-43)37-21-17-31-13-12-29-6-5-7-30-16-20-36(37)41(31)40(29)30/h3-26H,1-2H3. The minimum atomic E-state index is -0.129. The highest BCUT2D eigenvalue weighted by atomic mass is 15.0. The van der Waals surface area contributed by atoms with Crippen LogP contribution in [-0.2, 0) is 5.41 Å². The number of hydrogen-bond acceptors (Lipinski definition) is 4. The van der Waals surface area contributed by atoms with Crippen LogP contribution in [-0.4, -0.2) is 19.9 Å². The largest absolute Gasteiger partial charge is 0.265 e. The molecule has 9 aromatic rings. The lowest BCUT2D eigenvalue weighted by atomic mass is 9.82. The molecule has 7 aromatic carbocycles. The van der Waals surface area contributed by atoms with Crippen LogP contribution in [0.25, 0.3) is 88.7 Å². The van der Waals surface area contributed by atoms with E-state index in [1.165, 1.54) is 49.2 Å². The maximum atomic E-state index is 5.24. The Bertz CT molecular complexity index is 2710. The predicted octanol–water partition coefficient (Wildman–Crippen LogP) is 11.1. The summed E-state index contributed by atoms with van der Waals surface area (Å²) in [6.07, 6.45) is 3.64. The van der Waals surface area contributed by atoms with Crippen molar-refractivity contribution in [3.05, 3.63) is 157 Å². The molecule has 0 radical (unpaired) electrons. The number of pyridine rings is 1. The molecule has 0 fully saturated rings. The number of aromatic nitrogens is 4. The summed E-state index contributed by atoms with van der Waals surface area (Å²) >= 11 is 0. The lowest BCUT2D eigenvalue weighted by Crippen LogP contribution is -2.15. The van der Waals surface area contributed by atoms with E-state index in [0.29, 0.717) is 17.5 Å². The lowest BCUT2D eigenvalue weighted by molar-refractivity contribution is 0.660. The molecule has 0 unspecified atom stereocenters. The molecule has 49 heavy (non-hydrogen) atoms. The number of hydrogen-bond donors (Lipinski definition) is 0. The van der Waals surface area contributed by atoms with Crippen LogP contribution in [0.2, 0.25) is 0 Å². The molecule has 4 heteroatoms. The highest BCUT2D eigenvalue weighted by Gasteiger charge is 2.35. The van der Waals surface area contributed by atoms with E-state index in [-0.39, 0.29) is 5.41 Å². The van der Waals surface area contributed by atoms with Gasteiger partial charge >= 0.3 is 0 Å². The predicted molar refractivity (Wildman–Crippen MR) is 201 cm³/mol. The minimum Gasteiger partial charge on any atom is -0.265 e. The van der Waals surface area contributed by atoms with Crippen LogP contribution in [0.15, 0.2) is 146 Å². The molecule has 1 aliphatic carbocycles. The van der Waals surface area contributed by atoms with Gasteiger partial charge in [-0.2, -0.15) is 0 Å². The molecular weight excluding hydrogens is 597 g/mol. The van der Waals surface area contributed by atoms with E-state index in [0.717, 1.165) is 33.2 Å². The Morgan fingerprint density at radius 3 is 1.78 bits per heavy atom. The molecule has 4 nitrogen and oxygen atoms in total. The van der Waals surface area contributed by atoms with Crippen molar-refractivity contribution >= 4 is 32.3 Å². The van der Waals surface area contributed by atoms with Crippen molar-refractivity contribution in [3.8, 4) is 56.4 Å². The summed E-state index contributed by atoms with van der Waals surface area (Å²) in [4.78, 5) is 19.8. The second-order valence-corrected chi connectivity index (χ2v) is 13.5. The molecule has 0 saturated heterocycles. The average Bonchev–Trinajstić information content (AvgIpc) is 3.39. The van der Waals surface area contributed by atoms with E-state index in [1.54, 1.807) is 0 Å². The molecule has 2 aromatic heterocycles. The second-order valence-electron chi connectivity index (χ2n) is 13.5. The summed E-state index contributed by atoms with van der Waals surface area (Å²) in [7, 11) is 0. The quantitative estimate of drug-likeness (QED) is 0.182. The van der Waals surface area contributed by atoms with Crippen LogP contribution >= 0.6 is 0 Å². The van der Waals surface area contributed by atoms with Gasteiger partial charge in [0.1, 0.15) is 0 Å². The normalized spacial score (nSPS) is 13.3. The Morgan fingerprint density at radius 2 is 0.980 bits per heavy atom. The van der Waals surface area contributed by atoms with E-state index in [2.05, 4.69) is 140 Å². The van der Waals surface area contributed by atoms with Gasteiger partial charge in [0.05, 0.1) is 0 Å². The highest BCUT2D eigenvalue weighted by molar-refractivity contribution is 6.25. The van der Waals surface area contributed by atoms with Gasteiger partial charge in [-0.05, 0) is 90.0 Å². The molecule has 10 rings (SSSR count). The van der Waals surface area contributed by atoms with Gasteiger partial charge in [0.15, 0.2) is 17.5 Å². The van der Waals surface area contributed by atoms with Crippen molar-refractivity contribution in [2.24, 2.45) is 0 Å². The zero-order valence-electron chi connectivity index (χ0n) is 27.1. The van der Waals surface area contributed by atoms with Gasteiger partial charge in [0.25, 0.3) is 0 Å². The molecular formula is C45H30N4. The van der Waals surface area contributed by atoms with Gasteiger partial charge in [-0.15, -0.1) is 0 Å². The molecule has 0 amide bonds. The summed E-state index contributed by atoms with van der Waals surface area (Å²) in [6.45, 7) is 4.61. The smallest absolute Gasteiger partial charge is 0.164 e. The van der Waals surface area contributed by atoms with Crippen LogP contribution in [0.5, 0.6) is 0 Å². The minimum absolute atomic E-state index is 0.129. The molecule has 0 aliphatic heterocycles. The van der Waals surface area contributed by atoms with E-state index < -0.39 is 0 Å². The Morgan fingerprint density at radius 1 is 0.408 bits per heavy atom. The fourth-order valence-electron chi connectivity index (χ4n) is 7.88. The van der Waals surface area contributed by atoms with Gasteiger partial charge in [0.2, 0.25) is 0 Å². The fraction of sp³-hybridized carbons (Fsp3) is 0.0667. The van der Waals surface area contributed by atoms with Crippen molar-refractivity contribution in [2.75, 3.05) is 0 Å². The van der Waals surface area contributed by atoms with Crippen LogP contribution in [0.1, 0.15) is 25.0 Å². The molecule has 1 aliphatic rings. The summed E-state index contributed by atoms with van der Waals surface area (Å²) in [6, 6.07) is 47.7. The Balaban J connectivity index is 1.18. The summed E-state index contributed by atoms with van der Waals surface area (Å²) in [5.74, 6) is 1.98. The van der Waals surface area contributed by atoms with Gasteiger partial charge in [-0.3, -0.25) is 4.98 Å². The molecule has 0 bridgehead atoms. The Kier molecular flexibility index (Phi) is 5.89. The summed E-state index contributed by atoms with van der Waals surface area (Å²) in [5.41, 5.74) is 10.2. The number of benzene rings is 7. The third-order valence-corrected chi connectivity index (χ3v) is 10.4. The number of fused-ring (bicyclic) bond motifs is 3. The molecule has 0 saturated carbocycles. The van der Waals surface area contributed by atoms with Crippen molar-refractivity contribution in [1.82, 2.24) is 19.9 Å². The van der Waals surface area contributed by atoms with E-state index >= 15 is 0 Å². The molecule has 0 spiro atoms. The first kappa shape index (κ1) is 27.8. The maximum absolute atomic E-state index is 5.24. The zero-order chi connectivity index (χ0) is 32.7. The monoisotopic (exact) mass is 626 g/mol. The van der Waals surface area contributed by atoms with Crippen molar-refractivity contribution in [1.29, 1.82) is 0 Å². The molecule has 230 valence electrons. The maximum Gasteiger partial charge on any atom is 0.164 e. The summed E-state index contributed by atoms with van der Waals surface area (Å²) < 4.78 is 0. The fourth-order valence-corrected chi connectivity index (χ4v) is 7.88. The van der Waals surface area contributed by atoms with Crippen molar-refractivity contribution < 1.29 is 0 Å². The number of nitrogens with zero attached hydrogens (tertiary/aromatic N) is 4. The van der Waals surface area contributed by atoms with Crippen molar-refractivity contribution in [2.45, 2.75) is 19.3 Å². The van der Waals surface area contributed by atoms with Gasteiger partial charge in [0, 0.05) is 34.5 Å². The van der Waals surface area contributed by atoms with Crippen LogP contribution in [0.3, 0.4) is 0 Å². The van der Waals surface area contributed by atoms with Crippen molar-refractivity contribution in [3.63, 3.8) is 0 Å². The van der Waals surface area contributed by atoms with E-state index in [4.69, 9.17) is 15.0 Å². The average molecular weight is 627 g/mol.